The predicted molar refractivity (Wildman–Crippen MR) is 174 cm³/mol. The standard InChI is InChI=1S/C27H29N5O6S.C6H8O7/c1-27(2,3)18-10-12-19(13-11-18)39(34,35)32-23-22(38-21-9-6-5-8-20(21)36-4)26(37-17-16-33)31-25(30-23)24-28-14-7-15-29-24;7-3(8)1-6(13,5(11)12)2-4(9)10/h5-15,33H,16-17H2,1-4H3,(H,30,31,32);13H,1-2H2,(H,7,8)(H,9,10)(H,11,12)/p-3. The SMILES string of the molecule is COc1ccccc1Oc1c(NS(=O)(=O)c2ccc(C(C)(C)C)cc2)nc(-c2ncccn2)nc1OCCO.O=C([O-])CC(O)(CC(=O)[O-])C(=O)[O-]. The summed E-state index contributed by atoms with van der Waals surface area (Å²) >= 11 is 0. The van der Waals surface area contributed by atoms with E-state index in [0.717, 1.165) is 5.56 Å². The number of carboxylic acids is 3. The van der Waals surface area contributed by atoms with E-state index in [4.69, 9.17) is 19.3 Å². The number of anilines is 1. The Balaban J connectivity index is 0.000000478. The van der Waals surface area contributed by atoms with Crippen molar-refractivity contribution in [1.82, 2.24) is 19.9 Å². The van der Waals surface area contributed by atoms with E-state index in [1.54, 1.807) is 42.5 Å². The molecule has 0 spiro atoms. The Morgan fingerprint density at radius 3 is 1.92 bits per heavy atom. The van der Waals surface area contributed by atoms with Gasteiger partial charge in [-0.2, -0.15) is 4.98 Å². The van der Waals surface area contributed by atoms with Gasteiger partial charge >= 0.3 is 0 Å². The van der Waals surface area contributed by atoms with Gasteiger partial charge in [-0.05, 0) is 41.3 Å². The number of carbonyl (C=O) groups is 3. The molecule has 278 valence electrons. The molecule has 18 nitrogen and oxygen atoms in total. The van der Waals surface area contributed by atoms with E-state index in [9.17, 15) is 43.2 Å². The second-order valence-electron chi connectivity index (χ2n) is 11.7. The minimum absolute atomic E-state index is 0.0169. The van der Waals surface area contributed by atoms with Gasteiger partial charge in [-0.3, -0.25) is 4.72 Å². The molecule has 0 aliphatic heterocycles. The van der Waals surface area contributed by atoms with Crippen LogP contribution in [0.3, 0.4) is 0 Å². The van der Waals surface area contributed by atoms with Crippen molar-refractivity contribution in [3.05, 3.63) is 72.6 Å². The van der Waals surface area contributed by atoms with Crippen LogP contribution in [0, 0.1) is 0 Å². The highest BCUT2D eigenvalue weighted by Crippen LogP contribution is 2.41. The third-order valence-electron chi connectivity index (χ3n) is 6.73. The average molecular weight is 741 g/mol. The molecule has 3 N–H and O–H groups in total. The summed E-state index contributed by atoms with van der Waals surface area (Å²) in [6, 6.07) is 15.0. The monoisotopic (exact) mass is 740 g/mol. The van der Waals surface area contributed by atoms with E-state index in [1.165, 1.54) is 31.6 Å². The number of aliphatic carboxylic acids is 3. The van der Waals surface area contributed by atoms with Gasteiger partial charge in [0.15, 0.2) is 23.1 Å². The van der Waals surface area contributed by atoms with Crippen LogP contribution in [0.15, 0.2) is 71.9 Å². The van der Waals surface area contributed by atoms with E-state index in [1.807, 2.05) is 20.8 Å². The number of rotatable bonds is 15. The molecule has 2 heterocycles. The fourth-order valence-corrected chi connectivity index (χ4v) is 5.17. The van der Waals surface area contributed by atoms with E-state index in [-0.39, 0.29) is 58.4 Å². The molecule has 4 aromatic rings. The largest absolute Gasteiger partial charge is 0.550 e. The number of aliphatic hydroxyl groups excluding tert-OH is 1. The van der Waals surface area contributed by atoms with E-state index in [2.05, 4.69) is 24.7 Å². The molecule has 0 aliphatic rings. The lowest BCUT2D eigenvalue weighted by Gasteiger charge is -2.29. The Hall–Kier alpha value is -5.92. The van der Waals surface area contributed by atoms with Gasteiger partial charge in [-0.25, -0.2) is 23.4 Å². The number of benzene rings is 2. The zero-order valence-electron chi connectivity index (χ0n) is 28.3. The highest BCUT2D eigenvalue weighted by Gasteiger charge is 2.29. The smallest absolute Gasteiger partial charge is 0.263 e. The molecule has 0 unspecified atom stereocenters. The summed E-state index contributed by atoms with van der Waals surface area (Å²) < 4.78 is 46.6. The number of sulfonamides is 1. The number of aromatic nitrogens is 4. The minimum atomic E-state index is -4.14. The van der Waals surface area contributed by atoms with Crippen molar-refractivity contribution in [2.24, 2.45) is 0 Å². The molecule has 0 atom stereocenters. The fraction of sp³-hybridized carbons (Fsp3) is 0.303. The van der Waals surface area contributed by atoms with Gasteiger partial charge in [0.05, 0.1) is 24.6 Å². The number of hydrogen-bond donors (Lipinski definition) is 3. The molecule has 0 radical (unpaired) electrons. The molecular weight excluding hydrogens is 706 g/mol. The molecule has 19 heteroatoms. The van der Waals surface area contributed by atoms with Crippen molar-refractivity contribution in [1.29, 1.82) is 0 Å². The van der Waals surface area contributed by atoms with Crippen LogP contribution in [0.1, 0.15) is 39.2 Å². The molecule has 0 saturated carbocycles. The Bertz CT molecular complexity index is 1950. The number of nitrogens with zero attached hydrogens (tertiary/aromatic N) is 4. The molecule has 0 saturated heterocycles. The van der Waals surface area contributed by atoms with Crippen LogP contribution >= 0.6 is 0 Å². The summed E-state index contributed by atoms with van der Waals surface area (Å²) in [6.07, 6.45) is 0.284. The first-order valence-corrected chi connectivity index (χ1v) is 16.6. The fourth-order valence-electron chi connectivity index (χ4n) is 4.16. The highest BCUT2D eigenvalue weighted by molar-refractivity contribution is 7.92. The van der Waals surface area contributed by atoms with Crippen molar-refractivity contribution in [3.8, 4) is 34.8 Å². The topological polar surface area (TPSA) is 286 Å². The molecular formula is C33H34N5O13S-3. The summed E-state index contributed by atoms with van der Waals surface area (Å²) in [5, 5.41) is 48.3. The van der Waals surface area contributed by atoms with Crippen LogP contribution in [0.2, 0.25) is 0 Å². The molecule has 52 heavy (non-hydrogen) atoms. The van der Waals surface area contributed by atoms with Gasteiger partial charge in [-0.1, -0.05) is 45.0 Å². The summed E-state index contributed by atoms with van der Waals surface area (Å²) in [4.78, 5) is 47.1. The number of methoxy groups -OCH3 is 1. The van der Waals surface area contributed by atoms with Gasteiger partial charge in [-0.15, -0.1) is 0 Å². The van der Waals surface area contributed by atoms with Crippen LogP contribution in [0.5, 0.6) is 23.1 Å². The predicted octanol–water partition coefficient (Wildman–Crippen LogP) is -1.05. The van der Waals surface area contributed by atoms with E-state index >= 15 is 0 Å². The van der Waals surface area contributed by atoms with E-state index < -0.39 is 46.4 Å². The zero-order chi connectivity index (χ0) is 38.7. The van der Waals surface area contributed by atoms with Crippen LogP contribution in [-0.4, -0.2) is 82.4 Å². The first-order valence-electron chi connectivity index (χ1n) is 15.1. The summed E-state index contributed by atoms with van der Waals surface area (Å²) in [6.45, 7) is 5.65. The van der Waals surface area contributed by atoms with E-state index in [0.29, 0.717) is 5.75 Å². The van der Waals surface area contributed by atoms with Gasteiger partial charge in [0, 0.05) is 37.2 Å². The Morgan fingerprint density at radius 1 is 0.846 bits per heavy atom. The van der Waals surface area contributed by atoms with Gasteiger partial charge < -0.3 is 54.1 Å². The molecule has 0 fully saturated rings. The molecule has 2 aromatic heterocycles. The lowest BCUT2D eigenvalue weighted by Crippen LogP contribution is -2.54. The maximum atomic E-state index is 13.5. The lowest BCUT2D eigenvalue weighted by molar-refractivity contribution is -0.339. The van der Waals surface area contributed by atoms with Crippen molar-refractivity contribution in [3.63, 3.8) is 0 Å². The molecule has 0 amide bonds. The first kappa shape index (κ1) is 40.5. The summed E-state index contributed by atoms with van der Waals surface area (Å²) in [7, 11) is -2.66. The van der Waals surface area contributed by atoms with Crippen molar-refractivity contribution >= 4 is 33.7 Å². The van der Waals surface area contributed by atoms with Crippen molar-refractivity contribution in [2.75, 3.05) is 25.0 Å². The Morgan fingerprint density at radius 2 is 1.42 bits per heavy atom. The van der Waals surface area contributed by atoms with Crippen LogP contribution in [0.4, 0.5) is 5.82 Å². The first-order chi connectivity index (χ1) is 24.4. The van der Waals surface area contributed by atoms with Gasteiger partial charge in [0.25, 0.3) is 15.9 Å². The second kappa shape index (κ2) is 17.3. The quantitative estimate of drug-likeness (QED) is 0.131. The summed E-state index contributed by atoms with van der Waals surface area (Å²) in [5.41, 5.74) is -2.15. The summed E-state index contributed by atoms with van der Waals surface area (Å²) in [5.74, 6) is -5.71. The number of aliphatic hydroxyl groups is 2. The number of ether oxygens (including phenoxy) is 3. The third kappa shape index (κ3) is 11.0. The highest BCUT2D eigenvalue weighted by atomic mass is 32.2. The number of para-hydroxylation sites is 2. The Labute approximate surface area is 297 Å². The molecule has 0 aliphatic carbocycles. The Kier molecular flexibility index (Phi) is 13.5. The molecule has 2 aromatic carbocycles. The van der Waals surface area contributed by atoms with Crippen LogP contribution in [0.25, 0.3) is 11.6 Å². The minimum Gasteiger partial charge on any atom is -0.550 e. The number of carbonyl (C=O) groups excluding carboxylic acids is 3. The number of carboxylic acid groups (broad SMARTS) is 3. The van der Waals surface area contributed by atoms with Gasteiger partial charge in [0.2, 0.25) is 11.6 Å². The number of nitrogens with one attached hydrogen (secondary N) is 1. The van der Waals surface area contributed by atoms with Crippen LogP contribution < -0.4 is 34.3 Å². The normalized spacial score (nSPS) is 11.4. The van der Waals surface area contributed by atoms with Crippen LogP contribution in [-0.2, 0) is 29.8 Å². The maximum Gasteiger partial charge on any atom is 0.263 e. The maximum absolute atomic E-state index is 13.5. The number of hydrogen-bond acceptors (Lipinski definition) is 17. The molecule has 4 rings (SSSR count). The third-order valence-corrected chi connectivity index (χ3v) is 8.08. The van der Waals surface area contributed by atoms with Gasteiger partial charge in [0.1, 0.15) is 12.2 Å². The van der Waals surface area contributed by atoms with Crippen molar-refractivity contribution in [2.45, 2.75) is 49.5 Å². The lowest BCUT2D eigenvalue weighted by atomic mass is 9.87. The molecule has 0 bridgehead atoms. The second-order valence-corrected chi connectivity index (χ2v) is 13.4. The zero-order valence-corrected chi connectivity index (χ0v) is 29.1. The average Bonchev–Trinajstić information content (AvgIpc) is 3.08. The van der Waals surface area contributed by atoms with Crippen molar-refractivity contribution < 1.29 is 62.5 Å².